The fourth-order valence-electron chi connectivity index (χ4n) is 2.46. The Balaban J connectivity index is 1.48. The zero-order chi connectivity index (χ0) is 16.1. The zero-order valence-corrected chi connectivity index (χ0v) is 13.4. The number of halogens is 1. The Hall–Kier alpha value is -2.20. The summed E-state index contributed by atoms with van der Waals surface area (Å²) in [6, 6.07) is 13.0. The summed E-state index contributed by atoms with van der Waals surface area (Å²) in [4.78, 5) is 11.9. The Labute approximate surface area is 140 Å². The Morgan fingerprint density at radius 2 is 2.04 bits per heavy atom. The van der Waals surface area contributed by atoms with Crippen LogP contribution >= 0.6 is 11.6 Å². The lowest BCUT2D eigenvalue weighted by Gasteiger charge is -2.18. The summed E-state index contributed by atoms with van der Waals surface area (Å²) in [5.41, 5.74) is 2.27. The van der Waals surface area contributed by atoms with E-state index in [0.717, 1.165) is 30.8 Å². The van der Waals surface area contributed by atoms with Crippen LogP contribution in [0.5, 0.6) is 11.5 Å². The second-order valence-corrected chi connectivity index (χ2v) is 5.85. The molecule has 0 radical (unpaired) electrons. The first-order valence-electron chi connectivity index (χ1n) is 7.60. The van der Waals surface area contributed by atoms with Gasteiger partial charge in [-0.25, -0.2) is 0 Å². The van der Waals surface area contributed by atoms with Gasteiger partial charge < -0.3 is 14.8 Å². The van der Waals surface area contributed by atoms with Crippen molar-refractivity contribution < 1.29 is 14.3 Å². The van der Waals surface area contributed by atoms with Gasteiger partial charge in [0.1, 0.15) is 11.5 Å². The quantitative estimate of drug-likeness (QED) is 0.914. The maximum Gasteiger partial charge on any atom is 0.258 e. The normalized spacial score (nSPS) is 12.9. The molecular weight excluding hydrogens is 314 g/mol. The van der Waals surface area contributed by atoms with Gasteiger partial charge in [-0.2, -0.15) is 0 Å². The van der Waals surface area contributed by atoms with Crippen molar-refractivity contribution in [3.8, 4) is 11.5 Å². The van der Waals surface area contributed by atoms with Crippen molar-refractivity contribution >= 4 is 17.5 Å². The number of carbonyl (C=O) groups is 1. The average Bonchev–Trinajstić information content (AvgIpc) is 2.59. The van der Waals surface area contributed by atoms with Crippen molar-refractivity contribution in [1.82, 2.24) is 5.32 Å². The highest BCUT2D eigenvalue weighted by atomic mass is 35.5. The molecule has 0 unspecified atom stereocenters. The Kier molecular flexibility index (Phi) is 5.03. The van der Waals surface area contributed by atoms with Crippen LogP contribution in [0.1, 0.15) is 17.5 Å². The summed E-state index contributed by atoms with van der Waals surface area (Å²) in [6.07, 6.45) is 2.06. The second kappa shape index (κ2) is 7.38. The van der Waals surface area contributed by atoms with Crippen LogP contribution in [0, 0.1) is 0 Å². The maximum absolute atomic E-state index is 11.9. The molecule has 1 aliphatic heterocycles. The number of rotatable bonds is 5. The van der Waals surface area contributed by atoms with Crippen molar-refractivity contribution in [2.75, 3.05) is 13.2 Å². The molecule has 1 amide bonds. The summed E-state index contributed by atoms with van der Waals surface area (Å²) in [5, 5.41) is 3.49. The first kappa shape index (κ1) is 15.7. The summed E-state index contributed by atoms with van der Waals surface area (Å²) in [5.74, 6) is 1.42. The number of hydrogen-bond acceptors (Lipinski definition) is 3. The van der Waals surface area contributed by atoms with Gasteiger partial charge in [0, 0.05) is 11.6 Å². The molecule has 23 heavy (non-hydrogen) atoms. The van der Waals surface area contributed by atoms with Crippen LogP contribution in [-0.4, -0.2) is 19.1 Å². The Morgan fingerprint density at radius 3 is 2.87 bits per heavy atom. The highest BCUT2D eigenvalue weighted by molar-refractivity contribution is 6.30. The van der Waals surface area contributed by atoms with E-state index < -0.39 is 0 Å². The molecule has 0 saturated carbocycles. The smallest absolute Gasteiger partial charge is 0.258 e. The first-order valence-corrected chi connectivity index (χ1v) is 7.98. The van der Waals surface area contributed by atoms with E-state index in [9.17, 15) is 4.79 Å². The van der Waals surface area contributed by atoms with Crippen molar-refractivity contribution in [3.63, 3.8) is 0 Å². The van der Waals surface area contributed by atoms with Crippen LogP contribution < -0.4 is 14.8 Å². The van der Waals surface area contributed by atoms with Crippen LogP contribution in [-0.2, 0) is 17.8 Å². The SMILES string of the molecule is O=C(COc1ccc(Cl)cc1)NCc1ccc2c(c1)CCCO2. The van der Waals surface area contributed by atoms with Crippen molar-refractivity contribution in [1.29, 1.82) is 0 Å². The molecule has 0 aliphatic carbocycles. The lowest BCUT2D eigenvalue weighted by atomic mass is 10.0. The molecular formula is C18H18ClNO3. The molecule has 0 aromatic heterocycles. The topological polar surface area (TPSA) is 47.6 Å². The van der Waals surface area contributed by atoms with Crippen LogP contribution in [0.25, 0.3) is 0 Å². The van der Waals surface area contributed by atoms with E-state index in [0.29, 0.717) is 17.3 Å². The molecule has 5 heteroatoms. The minimum atomic E-state index is -0.158. The molecule has 0 bridgehead atoms. The largest absolute Gasteiger partial charge is 0.493 e. The summed E-state index contributed by atoms with van der Waals surface area (Å²) < 4.78 is 11.0. The van der Waals surface area contributed by atoms with Gasteiger partial charge in [-0.3, -0.25) is 4.79 Å². The fourth-order valence-corrected chi connectivity index (χ4v) is 2.58. The number of amides is 1. The molecule has 1 aliphatic rings. The third kappa shape index (κ3) is 4.39. The van der Waals surface area contributed by atoms with Gasteiger partial charge >= 0.3 is 0 Å². The monoisotopic (exact) mass is 331 g/mol. The van der Waals surface area contributed by atoms with Crippen LogP contribution in [0.4, 0.5) is 0 Å². The lowest BCUT2D eigenvalue weighted by Crippen LogP contribution is -2.28. The molecule has 2 aromatic rings. The van der Waals surface area contributed by atoms with E-state index in [1.165, 1.54) is 5.56 Å². The van der Waals surface area contributed by atoms with Gasteiger partial charge in [-0.1, -0.05) is 23.7 Å². The average molecular weight is 332 g/mol. The van der Waals surface area contributed by atoms with Crippen LogP contribution in [0.15, 0.2) is 42.5 Å². The number of nitrogens with one attached hydrogen (secondary N) is 1. The van der Waals surface area contributed by atoms with E-state index in [1.54, 1.807) is 24.3 Å². The molecule has 1 N–H and O–H groups in total. The van der Waals surface area contributed by atoms with Crippen molar-refractivity contribution in [2.45, 2.75) is 19.4 Å². The molecule has 3 rings (SSSR count). The van der Waals surface area contributed by atoms with Gasteiger partial charge in [0.15, 0.2) is 6.61 Å². The number of ether oxygens (including phenoxy) is 2. The van der Waals surface area contributed by atoms with Gasteiger partial charge in [0.05, 0.1) is 6.61 Å². The Morgan fingerprint density at radius 1 is 1.22 bits per heavy atom. The van der Waals surface area contributed by atoms with Gasteiger partial charge in [0.25, 0.3) is 5.91 Å². The summed E-state index contributed by atoms with van der Waals surface area (Å²) in [7, 11) is 0. The van der Waals surface area contributed by atoms with Crippen molar-refractivity contribution in [2.24, 2.45) is 0 Å². The summed E-state index contributed by atoms with van der Waals surface area (Å²) in [6.45, 7) is 1.25. The van der Waals surface area contributed by atoms with E-state index >= 15 is 0 Å². The van der Waals surface area contributed by atoms with E-state index in [2.05, 4.69) is 11.4 Å². The number of fused-ring (bicyclic) bond motifs is 1. The predicted molar refractivity (Wildman–Crippen MR) is 89.1 cm³/mol. The minimum absolute atomic E-state index is 0.0182. The predicted octanol–water partition coefficient (Wildman–Crippen LogP) is 3.36. The number of carbonyl (C=O) groups excluding carboxylic acids is 1. The molecule has 0 saturated heterocycles. The van der Waals surface area contributed by atoms with E-state index in [1.807, 2.05) is 12.1 Å². The summed E-state index contributed by atoms with van der Waals surface area (Å²) >= 11 is 5.80. The molecule has 4 nitrogen and oxygen atoms in total. The van der Waals surface area contributed by atoms with Gasteiger partial charge in [0.2, 0.25) is 0 Å². The van der Waals surface area contributed by atoms with Crippen LogP contribution in [0.2, 0.25) is 5.02 Å². The minimum Gasteiger partial charge on any atom is -0.493 e. The highest BCUT2D eigenvalue weighted by Crippen LogP contribution is 2.25. The number of hydrogen-bond donors (Lipinski definition) is 1. The third-order valence-electron chi connectivity index (χ3n) is 3.65. The molecule has 0 fully saturated rings. The molecule has 2 aromatic carbocycles. The first-order chi connectivity index (χ1) is 11.2. The van der Waals surface area contributed by atoms with Gasteiger partial charge in [-0.15, -0.1) is 0 Å². The zero-order valence-electron chi connectivity index (χ0n) is 12.7. The van der Waals surface area contributed by atoms with Gasteiger partial charge in [-0.05, 0) is 54.3 Å². The molecule has 120 valence electrons. The lowest BCUT2D eigenvalue weighted by molar-refractivity contribution is -0.123. The molecule has 1 heterocycles. The van der Waals surface area contributed by atoms with Crippen LogP contribution in [0.3, 0.4) is 0 Å². The van der Waals surface area contributed by atoms with E-state index in [4.69, 9.17) is 21.1 Å². The number of benzene rings is 2. The third-order valence-corrected chi connectivity index (χ3v) is 3.90. The molecule has 0 spiro atoms. The highest BCUT2D eigenvalue weighted by Gasteiger charge is 2.11. The standard InChI is InChI=1S/C18H18ClNO3/c19-15-4-6-16(7-5-15)23-12-18(21)20-11-13-3-8-17-14(10-13)2-1-9-22-17/h3-8,10H,1-2,9,11-12H2,(H,20,21). The second-order valence-electron chi connectivity index (χ2n) is 5.41. The maximum atomic E-state index is 11.9. The van der Waals surface area contributed by atoms with E-state index in [-0.39, 0.29) is 12.5 Å². The fraction of sp³-hybridized carbons (Fsp3) is 0.278. The van der Waals surface area contributed by atoms with Crippen molar-refractivity contribution in [3.05, 3.63) is 58.6 Å². The molecule has 0 atom stereocenters. The number of aryl methyl sites for hydroxylation is 1. The Bertz CT molecular complexity index is 685.